The van der Waals surface area contributed by atoms with Crippen molar-refractivity contribution in [3.63, 3.8) is 0 Å². The zero-order chi connectivity index (χ0) is 14.4. The van der Waals surface area contributed by atoms with E-state index in [1.54, 1.807) is 19.2 Å². The van der Waals surface area contributed by atoms with Crippen molar-refractivity contribution in [2.45, 2.75) is 38.2 Å². The fraction of sp³-hybridized carbons (Fsp3) is 0.533. The number of ether oxygens (including phenoxy) is 1. The van der Waals surface area contributed by atoms with Gasteiger partial charge in [-0.1, -0.05) is 0 Å². The van der Waals surface area contributed by atoms with Crippen molar-refractivity contribution in [3.8, 4) is 5.75 Å². The first-order valence-corrected chi connectivity index (χ1v) is 7.09. The van der Waals surface area contributed by atoms with Gasteiger partial charge in [0.15, 0.2) is 11.6 Å². The van der Waals surface area contributed by atoms with Gasteiger partial charge in [-0.2, -0.15) is 0 Å². The SMILES string of the molecule is CNCCC(=O)Nc1ccc(OC2CCCC2)c(F)c1. The molecular formula is C15H21FN2O2. The van der Waals surface area contributed by atoms with Crippen LogP contribution in [-0.2, 0) is 4.79 Å². The lowest BCUT2D eigenvalue weighted by molar-refractivity contribution is -0.116. The molecule has 1 aromatic rings. The van der Waals surface area contributed by atoms with E-state index in [2.05, 4.69) is 10.6 Å². The van der Waals surface area contributed by atoms with Gasteiger partial charge >= 0.3 is 0 Å². The number of hydrogen-bond donors (Lipinski definition) is 2. The molecule has 0 radical (unpaired) electrons. The van der Waals surface area contributed by atoms with Crippen LogP contribution >= 0.6 is 0 Å². The normalized spacial score (nSPS) is 15.3. The van der Waals surface area contributed by atoms with E-state index in [1.807, 2.05) is 0 Å². The van der Waals surface area contributed by atoms with Crippen molar-refractivity contribution >= 4 is 11.6 Å². The molecule has 20 heavy (non-hydrogen) atoms. The topological polar surface area (TPSA) is 50.4 Å². The van der Waals surface area contributed by atoms with Crippen molar-refractivity contribution in [3.05, 3.63) is 24.0 Å². The molecule has 2 N–H and O–H groups in total. The van der Waals surface area contributed by atoms with Crippen LogP contribution < -0.4 is 15.4 Å². The zero-order valence-electron chi connectivity index (χ0n) is 11.7. The number of carbonyl (C=O) groups is 1. The molecule has 1 aliphatic rings. The summed E-state index contributed by atoms with van der Waals surface area (Å²) in [7, 11) is 1.78. The molecule has 0 spiro atoms. The second kappa shape index (κ2) is 7.24. The number of carbonyl (C=O) groups excluding carboxylic acids is 1. The Labute approximate surface area is 118 Å². The summed E-state index contributed by atoms with van der Waals surface area (Å²) in [5.41, 5.74) is 0.461. The van der Waals surface area contributed by atoms with Gasteiger partial charge in [0.05, 0.1) is 6.10 Å². The van der Waals surface area contributed by atoms with Crippen LogP contribution in [-0.4, -0.2) is 25.6 Å². The van der Waals surface area contributed by atoms with E-state index in [0.717, 1.165) is 25.7 Å². The molecule has 0 aromatic heterocycles. The lowest BCUT2D eigenvalue weighted by atomic mass is 10.2. The maximum absolute atomic E-state index is 13.9. The van der Waals surface area contributed by atoms with Crippen LogP contribution in [0, 0.1) is 5.82 Å². The third kappa shape index (κ3) is 4.20. The van der Waals surface area contributed by atoms with Gasteiger partial charge in [-0.15, -0.1) is 0 Å². The number of nitrogens with one attached hydrogen (secondary N) is 2. The minimum absolute atomic E-state index is 0.126. The molecule has 1 fully saturated rings. The summed E-state index contributed by atoms with van der Waals surface area (Å²) in [6.45, 7) is 0.594. The number of amides is 1. The maximum Gasteiger partial charge on any atom is 0.225 e. The third-order valence-corrected chi connectivity index (χ3v) is 3.41. The summed E-state index contributed by atoms with van der Waals surface area (Å²) in [6, 6.07) is 4.56. The predicted molar refractivity (Wildman–Crippen MR) is 76.5 cm³/mol. The van der Waals surface area contributed by atoms with Crippen LogP contribution in [0.1, 0.15) is 32.1 Å². The monoisotopic (exact) mass is 280 g/mol. The Bertz CT molecular complexity index is 459. The maximum atomic E-state index is 13.9. The number of halogens is 1. The van der Waals surface area contributed by atoms with Crippen LogP contribution in [0.5, 0.6) is 5.75 Å². The smallest absolute Gasteiger partial charge is 0.225 e. The molecular weight excluding hydrogens is 259 g/mol. The first kappa shape index (κ1) is 14.8. The summed E-state index contributed by atoms with van der Waals surface area (Å²) < 4.78 is 19.6. The summed E-state index contributed by atoms with van der Waals surface area (Å²) >= 11 is 0. The fourth-order valence-electron chi connectivity index (χ4n) is 2.32. The predicted octanol–water partition coefficient (Wildman–Crippen LogP) is 2.70. The van der Waals surface area contributed by atoms with Gasteiger partial charge in [0, 0.05) is 24.7 Å². The molecule has 1 aliphatic carbocycles. The Balaban J connectivity index is 1.92. The van der Waals surface area contributed by atoms with E-state index < -0.39 is 5.82 Å². The van der Waals surface area contributed by atoms with E-state index in [0.29, 0.717) is 18.7 Å². The highest BCUT2D eigenvalue weighted by Crippen LogP contribution is 2.27. The minimum Gasteiger partial charge on any atom is -0.487 e. The van der Waals surface area contributed by atoms with Crippen molar-refractivity contribution in [2.24, 2.45) is 0 Å². The molecule has 5 heteroatoms. The highest BCUT2D eigenvalue weighted by molar-refractivity contribution is 5.90. The molecule has 4 nitrogen and oxygen atoms in total. The van der Waals surface area contributed by atoms with Gasteiger partial charge < -0.3 is 15.4 Å². The molecule has 0 saturated heterocycles. The molecule has 0 unspecified atom stereocenters. The molecule has 110 valence electrons. The number of anilines is 1. The lowest BCUT2D eigenvalue weighted by Gasteiger charge is -2.14. The highest BCUT2D eigenvalue weighted by atomic mass is 19.1. The highest BCUT2D eigenvalue weighted by Gasteiger charge is 2.18. The van der Waals surface area contributed by atoms with Crippen molar-refractivity contribution in [1.29, 1.82) is 0 Å². The summed E-state index contributed by atoms with van der Waals surface area (Å²) in [6.07, 6.45) is 4.75. The zero-order valence-corrected chi connectivity index (χ0v) is 11.7. The average Bonchev–Trinajstić information content (AvgIpc) is 2.92. The first-order chi connectivity index (χ1) is 9.69. The van der Waals surface area contributed by atoms with Gasteiger partial charge in [0.2, 0.25) is 5.91 Å². The van der Waals surface area contributed by atoms with Crippen LogP contribution in [0.4, 0.5) is 10.1 Å². The molecule has 0 heterocycles. The number of rotatable bonds is 6. The van der Waals surface area contributed by atoms with Gasteiger partial charge in [-0.05, 0) is 44.9 Å². The molecule has 0 atom stereocenters. The quantitative estimate of drug-likeness (QED) is 0.842. The van der Waals surface area contributed by atoms with Crippen molar-refractivity contribution in [1.82, 2.24) is 5.32 Å². The Kier molecular flexibility index (Phi) is 5.35. The molecule has 2 rings (SSSR count). The van der Waals surface area contributed by atoms with E-state index in [1.165, 1.54) is 6.07 Å². The van der Waals surface area contributed by atoms with E-state index >= 15 is 0 Å². The molecule has 1 aromatic carbocycles. The van der Waals surface area contributed by atoms with Crippen LogP contribution in [0.15, 0.2) is 18.2 Å². The standard InChI is InChI=1S/C15H21FN2O2/c1-17-9-8-15(19)18-11-6-7-14(13(16)10-11)20-12-4-2-3-5-12/h6-7,10,12,17H,2-5,8-9H2,1H3,(H,18,19). The Hall–Kier alpha value is -1.62. The van der Waals surface area contributed by atoms with Gasteiger partial charge in [0.25, 0.3) is 0 Å². The Morgan fingerprint density at radius 1 is 1.40 bits per heavy atom. The van der Waals surface area contributed by atoms with Gasteiger partial charge in [-0.3, -0.25) is 4.79 Å². The van der Waals surface area contributed by atoms with Gasteiger partial charge in [-0.25, -0.2) is 4.39 Å². The third-order valence-electron chi connectivity index (χ3n) is 3.41. The first-order valence-electron chi connectivity index (χ1n) is 7.09. The summed E-state index contributed by atoms with van der Waals surface area (Å²) in [5.74, 6) is -0.295. The Morgan fingerprint density at radius 2 is 2.15 bits per heavy atom. The van der Waals surface area contributed by atoms with Crippen LogP contribution in [0.25, 0.3) is 0 Å². The Morgan fingerprint density at radius 3 is 2.80 bits per heavy atom. The van der Waals surface area contributed by atoms with E-state index in [9.17, 15) is 9.18 Å². The molecule has 1 saturated carbocycles. The molecule has 0 aliphatic heterocycles. The van der Waals surface area contributed by atoms with Crippen LogP contribution in [0.3, 0.4) is 0 Å². The van der Waals surface area contributed by atoms with Crippen molar-refractivity contribution < 1.29 is 13.9 Å². The van der Waals surface area contributed by atoms with E-state index in [4.69, 9.17) is 4.74 Å². The number of benzene rings is 1. The molecule has 0 bridgehead atoms. The average molecular weight is 280 g/mol. The summed E-state index contributed by atoms with van der Waals surface area (Å²) in [4.78, 5) is 11.5. The second-order valence-electron chi connectivity index (χ2n) is 5.07. The van der Waals surface area contributed by atoms with E-state index in [-0.39, 0.29) is 17.8 Å². The van der Waals surface area contributed by atoms with Crippen molar-refractivity contribution in [2.75, 3.05) is 18.9 Å². The van der Waals surface area contributed by atoms with Gasteiger partial charge in [0.1, 0.15) is 0 Å². The van der Waals surface area contributed by atoms with Crippen LogP contribution in [0.2, 0.25) is 0 Å². The summed E-state index contributed by atoms with van der Waals surface area (Å²) in [5, 5.41) is 5.55. The number of hydrogen-bond acceptors (Lipinski definition) is 3. The largest absolute Gasteiger partial charge is 0.487 e. The lowest BCUT2D eigenvalue weighted by Crippen LogP contribution is -2.18. The minimum atomic E-state index is -0.427. The second-order valence-corrected chi connectivity index (χ2v) is 5.07. The molecule has 1 amide bonds. The fourth-order valence-corrected chi connectivity index (χ4v) is 2.32.